The van der Waals surface area contributed by atoms with Crippen LogP contribution in [0.25, 0.3) is 0 Å². The third-order valence-electron chi connectivity index (χ3n) is 2.74. The summed E-state index contributed by atoms with van der Waals surface area (Å²) in [5.74, 6) is 0.695. The number of hydrogen-bond acceptors (Lipinski definition) is 6. The number of aromatic nitrogens is 3. The molecule has 0 spiro atoms. The van der Waals surface area contributed by atoms with Gasteiger partial charge < -0.3 is 5.32 Å². The van der Waals surface area contributed by atoms with Crippen LogP contribution >= 0.6 is 11.8 Å². The topological polar surface area (TPSA) is 114 Å². The van der Waals surface area contributed by atoms with E-state index in [1.807, 2.05) is 13.8 Å². The molecule has 0 unspecified atom stereocenters. The van der Waals surface area contributed by atoms with Crippen molar-refractivity contribution in [3.05, 3.63) is 40.2 Å². The van der Waals surface area contributed by atoms with Gasteiger partial charge in [0, 0.05) is 12.0 Å². The van der Waals surface area contributed by atoms with Gasteiger partial charge in [0.15, 0.2) is 0 Å². The number of rotatable bonds is 6. The van der Waals surface area contributed by atoms with Crippen molar-refractivity contribution in [2.75, 3.05) is 11.1 Å². The smallest absolute Gasteiger partial charge is 0.292 e. The van der Waals surface area contributed by atoms with Crippen LogP contribution in [-0.4, -0.2) is 31.8 Å². The Hall–Kier alpha value is -2.42. The Morgan fingerprint density at radius 3 is 2.82 bits per heavy atom. The first-order chi connectivity index (χ1) is 10.5. The Morgan fingerprint density at radius 2 is 2.18 bits per heavy atom. The first-order valence-electron chi connectivity index (χ1n) is 6.55. The average Bonchev–Trinajstić information content (AvgIpc) is 2.94. The number of carbonyl (C=O) groups excluding carboxylic acids is 1. The lowest BCUT2D eigenvalue weighted by molar-refractivity contribution is -0.383. The lowest BCUT2D eigenvalue weighted by atomic mass is 10.2. The lowest BCUT2D eigenvalue weighted by Gasteiger charge is -2.04. The summed E-state index contributed by atoms with van der Waals surface area (Å²) in [6.07, 6.45) is 0. The monoisotopic (exact) mass is 321 g/mol. The van der Waals surface area contributed by atoms with Crippen LogP contribution in [0.15, 0.2) is 29.4 Å². The largest absolute Gasteiger partial charge is 0.320 e. The normalized spacial score (nSPS) is 10.7. The van der Waals surface area contributed by atoms with Crippen LogP contribution in [0.1, 0.15) is 25.6 Å². The number of anilines is 1. The highest BCUT2D eigenvalue weighted by molar-refractivity contribution is 7.99. The number of para-hydroxylation sites is 2. The van der Waals surface area contributed by atoms with Crippen molar-refractivity contribution in [3.63, 3.8) is 0 Å². The van der Waals surface area contributed by atoms with Crippen molar-refractivity contribution in [3.8, 4) is 0 Å². The predicted molar refractivity (Wildman–Crippen MR) is 82.9 cm³/mol. The fourth-order valence-corrected chi connectivity index (χ4v) is 2.24. The van der Waals surface area contributed by atoms with Gasteiger partial charge in [0.25, 0.3) is 5.69 Å². The summed E-state index contributed by atoms with van der Waals surface area (Å²) in [4.78, 5) is 26.5. The van der Waals surface area contributed by atoms with Crippen LogP contribution in [-0.2, 0) is 4.79 Å². The number of carbonyl (C=O) groups is 1. The average molecular weight is 321 g/mol. The summed E-state index contributed by atoms with van der Waals surface area (Å²) >= 11 is 1.16. The van der Waals surface area contributed by atoms with E-state index in [0.29, 0.717) is 5.16 Å². The number of nitrogens with zero attached hydrogens (tertiary/aromatic N) is 3. The highest BCUT2D eigenvalue weighted by Crippen LogP contribution is 2.23. The summed E-state index contributed by atoms with van der Waals surface area (Å²) in [7, 11) is 0. The second kappa shape index (κ2) is 7.03. The van der Waals surface area contributed by atoms with Gasteiger partial charge in [-0.3, -0.25) is 20.0 Å². The minimum absolute atomic E-state index is 0.0709. The molecule has 0 atom stereocenters. The molecule has 0 saturated heterocycles. The van der Waals surface area contributed by atoms with Crippen molar-refractivity contribution >= 4 is 29.0 Å². The van der Waals surface area contributed by atoms with Crippen molar-refractivity contribution in [2.45, 2.75) is 24.9 Å². The van der Waals surface area contributed by atoms with E-state index >= 15 is 0 Å². The summed E-state index contributed by atoms with van der Waals surface area (Å²) < 4.78 is 0. The number of nitrogens with one attached hydrogen (secondary N) is 2. The molecule has 0 aliphatic heterocycles. The van der Waals surface area contributed by atoms with E-state index in [2.05, 4.69) is 20.5 Å². The van der Waals surface area contributed by atoms with Crippen LogP contribution in [0.5, 0.6) is 0 Å². The maximum absolute atomic E-state index is 11.9. The molecule has 8 nitrogen and oxygen atoms in total. The molecule has 1 heterocycles. The molecule has 1 amide bonds. The van der Waals surface area contributed by atoms with Gasteiger partial charge in [-0.15, -0.1) is 5.10 Å². The zero-order valence-corrected chi connectivity index (χ0v) is 12.9. The Kier molecular flexibility index (Phi) is 5.10. The van der Waals surface area contributed by atoms with E-state index in [1.165, 1.54) is 12.1 Å². The number of thioether (sulfide) groups is 1. The Labute approximate surface area is 130 Å². The molecular formula is C13H15N5O3S. The fourth-order valence-electron chi connectivity index (χ4n) is 1.64. The van der Waals surface area contributed by atoms with Crippen LogP contribution in [0.3, 0.4) is 0 Å². The van der Waals surface area contributed by atoms with E-state index in [-0.39, 0.29) is 29.0 Å². The third-order valence-corrected chi connectivity index (χ3v) is 3.58. The second-order valence-corrected chi connectivity index (χ2v) is 5.71. The number of nitro groups is 1. The maximum Gasteiger partial charge on any atom is 0.292 e. The Morgan fingerprint density at radius 1 is 1.45 bits per heavy atom. The molecule has 0 fully saturated rings. The first-order valence-corrected chi connectivity index (χ1v) is 7.54. The van der Waals surface area contributed by atoms with Crippen molar-refractivity contribution < 1.29 is 9.72 Å². The van der Waals surface area contributed by atoms with Gasteiger partial charge in [0.05, 0.1) is 10.7 Å². The summed E-state index contributed by atoms with van der Waals surface area (Å²) in [5.41, 5.74) is 0.0387. The lowest BCUT2D eigenvalue weighted by Crippen LogP contribution is -2.15. The standard InChI is InChI=1S/C13H15N5O3S/c1-8(2)12-15-13(17-16-12)22-7-11(19)14-9-5-3-4-6-10(9)18(20)21/h3-6,8H,7H2,1-2H3,(H,14,19)(H,15,16,17). The SMILES string of the molecule is CC(C)c1nc(SCC(=O)Nc2ccccc2[N+](=O)[O-])n[nH]1. The van der Waals surface area contributed by atoms with Gasteiger partial charge in [0.1, 0.15) is 11.5 Å². The Bertz CT molecular complexity index is 686. The van der Waals surface area contributed by atoms with Crippen LogP contribution in [0.2, 0.25) is 0 Å². The summed E-state index contributed by atoms with van der Waals surface area (Å²) in [6, 6.07) is 6.00. The minimum atomic E-state index is -0.535. The number of nitro benzene ring substituents is 1. The predicted octanol–water partition coefficient (Wildman–Crippen LogP) is 2.57. The Balaban J connectivity index is 1.94. The molecule has 22 heavy (non-hydrogen) atoms. The van der Waals surface area contributed by atoms with Gasteiger partial charge in [-0.05, 0) is 6.07 Å². The highest BCUT2D eigenvalue weighted by Gasteiger charge is 2.15. The molecule has 9 heteroatoms. The molecule has 1 aromatic carbocycles. The molecular weight excluding hydrogens is 306 g/mol. The van der Waals surface area contributed by atoms with Gasteiger partial charge in [-0.25, -0.2) is 4.98 Å². The first kappa shape index (κ1) is 16.0. The zero-order chi connectivity index (χ0) is 16.1. The molecule has 0 saturated carbocycles. The number of aromatic amines is 1. The molecule has 2 rings (SSSR count). The number of H-pyrrole nitrogens is 1. The quantitative estimate of drug-likeness (QED) is 0.480. The zero-order valence-electron chi connectivity index (χ0n) is 12.1. The van der Waals surface area contributed by atoms with Crippen LogP contribution in [0, 0.1) is 10.1 Å². The second-order valence-electron chi connectivity index (χ2n) is 4.77. The fraction of sp³-hybridized carbons (Fsp3) is 0.308. The summed E-state index contributed by atoms with van der Waals surface area (Å²) in [6.45, 7) is 3.96. The molecule has 0 aliphatic carbocycles. The van der Waals surface area contributed by atoms with E-state index in [1.54, 1.807) is 12.1 Å². The van der Waals surface area contributed by atoms with E-state index < -0.39 is 4.92 Å². The van der Waals surface area contributed by atoms with Gasteiger partial charge in [0.2, 0.25) is 11.1 Å². The van der Waals surface area contributed by atoms with Crippen molar-refractivity contribution in [2.24, 2.45) is 0 Å². The third kappa shape index (κ3) is 4.04. The number of hydrogen-bond donors (Lipinski definition) is 2. The molecule has 2 aromatic rings. The van der Waals surface area contributed by atoms with E-state index in [4.69, 9.17) is 0 Å². The molecule has 0 radical (unpaired) electrons. The van der Waals surface area contributed by atoms with Crippen LogP contribution < -0.4 is 5.32 Å². The van der Waals surface area contributed by atoms with Gasteiger partial charge >= 0.3 is 0 Å². The van der Waals surface area contributed by atoms with Crippen molar-refractivity contribution in [1.29, 1.82) is 0 Å². The van der Waals surface area contributed by atoms with Crippen molar-refractivity contribution in [1.82, 2.24) is 15.2 Å². The molecule has 1 aromatic heterocycles. The van der Waals surface area contributed by atoms with E-state index in [0.717, 1.165) is 17.6 Å². The number of benzene rings is 1. The minimum Gasteiger partial charge on any atom is -0.320 e. The van der Waals surface area contributed by atoms with Crippen LogP contribution in [0.4, 0.5) is 11.4 Å². The molecule has 0 aliphatic rings. The van der Waals surface area contributed by atoms with E-state index in [9.17, 15) is 14.9 Å². The maximum atomic E-state index is 11.9. The summed E-state index contributed by atoms with van der Waals surface area (Å²) in [5, 5.41) is 20.7. The highest BCUT2D eigenvalue weighted by atomic mass is 32.2. The molecule has 2 N–H and O–H groups in total. The molecule has 116 valence electrons. The van der Waals surface area contributed by atoms with Gasteiger partial charge in [-0.2, -0.15) is 0 Å². The van der Waals surface area contributed by atoms with Gasteiger partial charge in [-0.1, -0.05) is 37.7 Å². The molecule has 0 bridgehead atoms. The number of amides is 1.